The average Bonchev–Trinajstić information content (AvgIpc) is 2.28. The van der Waals surface area contributed by atoms with E-state index in [1.165, 1.54) is 51.0 Å². The average molecular weight is 224 g/mol. The summed E-state index contributed by atoms with van der Waals surface area (Å²) in [6.07, 6.45) is 14.0. The van der Waals surface area contributed by atoms with Crippen molar-refractivity contribution in [2.24, 2.45) is 0 Å². The van der Waals surface area contributed by atoms with Crippen molar-refractivity contribution in [3.05, 3.63) is 12.3 Å². The third kappa shape index (κ3) is 5.94. The van der Waals surface area contributed by atoms with Gasteiger partial charge in [-0.05, 0) is 12.8 Å². The van der Waals surface area contributed by atoms with E-state index in [-0.39, 0.29) is 11.9 Å². The predicted molar refractivity (Wildman–Crippen MR) is 66.2 cm³/mol. The molecule has 0 N–H and O–H groups in total. The molecule has 92 valence electrons. The van der Waals surface area contributed by atoms with Gasteiger partial charge < -0.3 is 4.74 Å². The van der Waals surface area contributed by atoms with Gasteiger partial charge in [-0.25, -0.2) is 0 Å². The van der Waals surface area contributed by atoms with Crippen LogP contribution in [-0.4, -0.2) is 11.9 Å². The molecule has 1 heterocycles. The zero-order valence-corrected chi connectivity index (χ0v) is 10.4. The van der Waals surface area contributed by atoms with Crippen LogP contribution in [-0.2, 0) is 9.53 Å². The molecule has 0 aromatic heterocycles. The molecule has 1 atom stereocenters. The molecule has 0 aromatic carbocycles. The Hall–Kier alpha value is -0.790. The van der Waals surface area contributed by atoms with E-state index in [0.717, 1.165) is 6.42 Å². The van der Waals surface area contributed by atoms with Gasteiger partial charge >= 0.3 is 0 Å². The highest BCUT2D eigenvalue weighted by atomic mass is 16.5. The zero-order valence-electron chi connectivity index (χ0n) is 10.4. The summed E-state index contributed by atoms with van der Waals surface area (Å²) in [7, 11) is 0. The van der Waals surface area contributed by atoms with Crippen LogP contribution in [0, 0.1) is 0 Å². The molecule has 0 saturated heterocycles. The number of rotatable bonds is 8. The Kier molecular flexibility index (Phi) is 6.95. The van der Waals surface area contributed by atoms with Crippen molar-refractivity contribution in [1.29, 1.82) is 0 Å². The predicted octanol–water partition coefficient (Wildman–Crippen LogP) is 4.00. The number of ether oxygens (including phenoxy) is 1. The van der Waals surface area contributed by atoms with Crippen LogP contribution in [0.3, 0.4) is 0 Å². The van der Waals surface area contributed by atoms with Gasteiger partial charge in [0.15, 0.2) is 5.78 Å². The first-order chi connectivity index (χ1) is 7.83. The Balaban J connectivity index is 1.91. The van der Waals surface area contributed by atoms with E-state index in [0.29, 0.717) is 6.42 Å². The van der Waals surface area contributed by atoms with Crippen molar-refractivity contribution >= 4 is 5.78 Å². The summed E-state index contributed by atoms with van der Waals surface area (Å²) in [5, 5.41) is 0. The fraction of sp³-hybridized carbons (Fsp3) is 0.786. The van der Waals surface area contributed by atoms with Gasteiger partial charge in [0.05, 0.1) is 6.26 Å². The topological polar surface area (TPSA) is 26.3 Å². The molecular formula is C14H24O2. The number of hydrogen-bond donors (Lipinski definition) is 0. The summed E-state index contributed by atoms with van der Waals surface area (Å²) in [6, 6.07) is 0. The lowest BCUT2D eigenvalue weighted by atomic mass is 10.0. The minimum atomic E-state index is 0.146. The first-order valence-corrected chi connectivity index (χ1v) is 6.67. The maximum Gasteiger partial charge on any atom is 0.162 e. The van der Waals surface area contributed by atoms with Crippen molar-refractivity contribution in [2.45, 2.75) is 70.8 Å². The van der Waals surface area contributed by atoms with Crippen LogP contribution in [0.5, 0.6) is 0 Å². The third-order valence-electron chi connectivity index (χ3n) is 3.08. The molecule has 0 radical (unpaired) electrons. The fourth-order valence-corrected chi connectivity index (χ4v) is 2.07. The molecule has 0 saturated carbocycles. The molecule has 0 aliphatic carbocycles. The Morgan fingerprint density at radius 1 is 1.19 bits per heavy atom. The van der Waals surface area contributed by atoms with Crippen LogP contribution < -0.4 is 0 Å². The molecule has 1 rings (SSSR count). The second-order valence-electron chi connectivity index (χ2n) is 4.64. The van der Waals surface area contributed by atoms with Crippen molar-refractivity contribution in [1.82, 2.24) is 0 Å². The number of hydrogen-bond acceptors (Lipinski definition) is 2. The summed E-state index contributed by atoms with van der Waals surface area (Å²) in [4.78, 5) is 11.1. The molecule has 2 heteroatoms. The van der Waals surface area contributed by atoms with Crippen LogP contribution in [0.4, 0.5) is 0 Å². The highest BCUT2D eigenvalue weighted by Crippen LogP contribution is 2.16. The summed E-state index contributed by atoms with van der Waals surface area (Å²) in [6.45, 7) is 2.24. The molecule has 1 aliphatic rings. The minimum Gasteiger partial charge on any atom is -0.497 e. The van der Waals surface area contributed by atoms with Gasteiger partial charge in [0.2, 0.25) is 0 Å². The van der Waals surface area contributed by atoms with E-state index < -0.39 is 0 Å². The fourth-order valence-electron chi connectivity index (χ4n) is 2.07. The lowest BCUT2D eigenvalue weighted by Gasteiger charge is -2.18. The number of carbonyl (C=O) groups is 1. The second-order valence-corrected chi connectivity index (χ2v) is 4.64. The number of carbonyl (C=O) groups excluding carboxylic acids is 1. The monoisotopic (exact) mass is 224 g/mol. The second kappa shape index (κ2) is 8.37. The molecule has 2 nitrogen and oxygen atoms in total. The van der Waals surface area contributed by atoms with Gasteiger partial charge in [0, 0.05) is 12.5 Å². The van der Waals surface area contributed by atoms with E-state index in [4.69, 9.17) is 4.74 Å². The van der Waals surface area contributed by atoms with Gasteiger partial charge in [-0.2, -0.15) is 0 Å². The van der Waals surface area contributed by atoms with Crippen molar-refractivity contribution < 1.29 is 9.53 Å². The van der Waals surface area contributed by atoms with Crippen LogP contribution in [0.2, 0.25) is 0 Å². The number of allylic oxidation sites excluding steroid dienone is 1. The standard InChI is InChI=1S/C14H24O2/c1-2-3-4-5-6-7-8-9-14-12-13(15)10-11-16-14/h10-11,14H,2-9,12H2,1H3. The highest BCUT2D eigenvalue weighted by molar-refractivity contribution is 5.90. The van der Waals surface area contributed by atoms with Gasteiger partial charge in [-0.1, -0.05) is 45.4 Å². The molecule has 0 aromatic rings. The van der Waals surface area contributed by atoms with E-state index >= 15 is 0 Å². The highest BCUT2D eigenvalue weighted by Gasteiger charge is 2.15. The van der Waals surface area contributed by atoms with Crippen molar-refractivity contribution in [3.8, 4) is 0 Å². The summed E-state index contributed by atoms with van der Waals surface area (Å²) < 4.78 is 5.39. The SMILES string of the molecule is CCCCCCCCCC1CC(=O)C=CO1. The maximum absolute atomic E-state index is 11.1. The molecule has 0 bridgehead atoms. The van der Waals surface area contributed by atoms with E-state index in [1.807, 2.05) is 0 Å². The normalized spacial score (nSPS) is 19.8. The molecule has 1 unspecified atom stereocenters. The molecule has 16 heavy (non-hydrogen) atoms. The van der Waals surface area contributed by atoms with E-state index in [1.54, 1.807) is 6.26 Å². The Labute approximate surface area is 99.1 Å². The Bertz CT molecular complexity index is 221. The van der Waals surface area contributed by atoms with E-state index in [2.05, 4.69) is 6.92 Å². The van der Waals surface area contributed by atoms with Crippen molar-refractivity contribution in [2.75, 3.05) is 0 Å². The molecule has 0 spiro atoms. The lowest BCUT2D eigenvalue weighted by molar-refractivity contribution is -0.118. The number of ketones is 1. The quantitative estimate of drug-likeness (QED) is 0.582. The third-order valence-corrected chi connectivity index (χ3v) is 3.08. The molecular weight excluding hydrogens is 200 g/mol. The largest absolute Gasteiger partial charge is 0.497 e. The minimum absolute atomic E-state index is 0.146. The smallest absolute Gasteiger partial charge is 0.162 e. The van der Waals surface area contributed by atoms with Crippen LogP contribution in [0.1, 0.15) is 64.7 Å². The Morgan fingerprint density at radius 3 is 2.56 bits per heavy atom. The van der Waals surface area contributed by atoms with Gasteiger partial charge in [0.25, 0.3) is 0 Å². The van der Waals surface area contributed by atoms with Crippen LogP contribution in [0.25, 0.3) is 0 Å². The lowest BCUT2D eigenvalue weighted by Crippen LogP contribution is -2.18. The van der Waals surface area contributed by atoms with Crippen molar-refractivity contribution in [3.63, 3.8) is 0 Å². The van der Waals surface area contributed by atoms with E-state index in [9.17, 15) is 4.79 Å². The first kappa shape index (κ1) is 13.3. The maximum atomic E-state index is 11.1. The zero-order chi connectivity index (χ0) is 11.6. The molecule has 0 fully saturated rings. The first-order valence-electron chi connectivity index (χ1n) is 6.67. The van der Waals surface area contributed by atoms with Crippen LogP contribution in [0.15, 0.2) is 12.3 Å². The molecule has 1 aliphatic heterocycles. The van der Waals surface area contributed by atoms with Gasteiger partial charge in [-0.15, -0.1) is 0 Å². The summed E-state index contributed by atoms with van der Waals surface area (Å²) in [5.41, 5.74) is 0. The number of unbranched alkanes of at least 4 members (excludes halogenated alkanes) is 6. The van der Waals surface area contributed by atoms with Gasteiger partial charge in [-0.3, -0.25) is 4.79 Å². The van der Waals surface area contributed by atoms with Gasteiger partial charge in [0.1, 0.15) is 6.10 Å². The van der Waals surface area contributed by atoms with Crippen LogP contribution >= 0.6 is 0 Å². The molecule has 0 amide bonds. The Morgan fingerprint density at radius 2 is 1.88 bits per heavy atom. The summed E-state index contributed by atoms with van der Waals surface area (Å²) >= 11 is 0. The summed E-state index contributed by atoms with van der Waals surface area (Å²) in [5.74, 6) is 0.208.